The van der Waals surface area contributed by atoms with Crippen LogP contribution in [-0.4, -0.2) is 29.9 Å². The van der Waals surface area contributed by atoms with Gasteiger partial charge in [-0.3, -0.25) is 0 Å². The summed E-state index contributed by atoms with van der Waals surface area (Å²) in [5, 5.41) is 1.19. The van der Waals surface area contributed by atoms with Crippen LogP contribution in [0.1, 0.15) is 45.4 Å². The van der Waals surface area contributed by atoms with E-state index in [1.165, 1.54) is 63.5 Å². The summed E-state index contributed by atoms with van der Waals surface area (Å²) in [7, 11) is 0. The molecule has 2 heteroatoms. The summed E-state index contributed by atoms with van der Waals surface area (Å²) in [5.41, 5.74) is 0. The second-order valence-electron chi connectivity index (χ2n) is 4.52. The summed E-state index contributed by atoms with van der Waals surface area (Å²) >= 11 is 3.58. The molecule has 1 rings (SSSR count). The van der Waals surface area contributed by atoms with Gasteiger partial charge in [0, 0.05) is 11.9 Å². The first-order chi connectivity index (χ1) is 6.86. The van der Waals surface area contributed by atoms with Crippen LogP contribution in [0, 0.1) is 5.92 Å². The third-order valence-electron chi connectivity index (χ3n) is 3.17. The minimum Gasteiger partial charge on any atom is -0.303 e. The van der Waals surface area contributed by atoms with E-state index < -0.39 is 0 Å². The van der Waals surface area contributed by atoms with Gasteiger partial charge in [-0.25, -0.2) is 0 Å². The summed E-state index contributed by atoms with van der Waals surface area (Å²) < 4.78 is 0. The van der Waals surface area contributed by atoms with Crippen LogP contribution in [0.4, 0.5) is 0 Å². The number of halogens is 1. The Balaban J connectivity index is 1.92. The molecule has 1 fully saturated rings. The molecule has 1 aliphatic heterocycles. The zero-order chi connectivity index (χ0) is 10.2. The van der Waals surface area contributed by atoms with E-state index >= 15 is 0 Å². The zero-order valence-corrected chi connectivity index (χ0v) is 11.1. The van der Waals surface area contributed by atoms with Crippen LogP contribution >= 0.6 is 15.9 Å². The van der Waals surface area contributed by atoms with Crippen LogP contribution in [0.3, 0.4) is 0 Å². The van der Waals surface area contributed by atoms with Gasteiger partial charge in [-0.1, -0.05) is 48.5 Å². The van der Waals surface area contributed by atoms with Crippen LogP contribution in [0.15, 0.2) is 0 Å². The summed E-state index contributed by atoms with van der Waals surface area (Å²) in [6.45, 7) is 6.29. The smallest absolute Gasteiger partial charge is 0.00723 e. The van der Waals surface area contributed by atoms with Crippen molar-refractivity contribution in [3.05, 3.63) is 0 Å². The van der Waals surface area contributed by atoms with Crippen molar-refractivity contribution in [2.24, 2.45) is 5.92 Å². The van der Waals surface area contributed by atoms with E-state index in [9.17, 15) is 0 Å². The van der Waals surface area contributed by atoms with Gasteiger partial charge in [0.2, 0.25) is 0 Å². The second-order valence-corrected chi connectivity index (χ2v) is 5.17. The number of alkyl halides is 1. The molecule has 0 spiro atoms. The Morgan fingerprint density at radius 2 is 2.00 bits per heavy atom. The molecule has 0 amide bonds. The lowest BCUT2D eigenvalue weighted by Crippen LogP contribution is -2.22. The molecule has 1 saturated heterocycles. The van der Waals surface area contributed by atoms with Gasteiger partial charge >= 0.3 is 0 Å². The lowest BCUT2D eigenvalue weighted by molar-refractivity contribution is 0.318. The molecule has 1 nitrogen and oxygen atoms in total. The number of nitrogens with zero attached hydrogens (tertiary/aromatic N) is 1. The topological polar surface area (TPSA) is 3.24 Å². The number of hydrogen-bond acceptors (Lipinski definition) is 1. The lowest BCUT2D eigenvalue weighted by Gasteiger charge is -2.14. The van der Waals surface area contributed by atoms with E-state index in [1.54, 1.807) is 0 Å². The maximum atomic E-state index is 3.58. The Labute approximate surface area is 97.4 Å². The average molecular weight is 262 g/mol. The third kappa shape index (κ3) is 4.79. The van der Waals surface area contributed by atoms with E-state index in [0.29, 0.717) is 0 Å². The molecule has 1 atom stereocenters. The monoisotopic (exact) mass is 261 g/mol. The van der Waals surface area contributed by atoms with Crippen LogP contribution in [0.5, 0.6) is 0 Å². The van der Waals surface area contributed by atoms with Gasteiger partial charge in [0.25, 0.3) is 0 Å². The molecule has 0 radical (unpaired) electrons. The van der Waals surface area contributed by atoms with Gasteiger partial charge in [-0.2, -0.15) is 0 Å². The first-order valence-corrected chi connectivity index (χ1v) is 7.27. The molecule has 14 heavy (non-hydrogen) atoms. The van der Waals surface area contributed by atoms with Crippen LogP contribution in [-0.2, 0) is 0 Å². The van der Waals surface area contributed by atoms with Crippen molar-refractivity contribution in [1.82, 2.24) is 4.90 Å². The van der Waals surface area contributed by atoms with Gasteiger partial charge in [0.15, 0.2) is 0 Å². The predicted molar refractivity (Wildman–Crippen MR) is 67.1 cm³/mol. The highest BCUT2D eigenvalue weighted by Gasteiger charge is 2.20. The number of rotatable bonds is 7. The van der Waals surface area contributed by atoms with E-state index in [1.807, 2.05) is 0 Å². The quantitative estimate of drug-likeness (QED) is 0.500. The minimum absolute atomic E-state index is 0.922. The largest absolute Gasteiger partial charge is 0.303 e. The fraction of sp³-hybridized carbons (Fsp3) is 1.00. The summed E-state index contributed by atoms with van der Waals surface area (Å²) in [6.07, 6.45) is 8.46. The second kappa shape index (κ2) is 7.70. The van der Waals surface area contributed by atoms with Crippen molar-refractivity contribution < 1.29 is 0 Å². The van der Waals surface area contributed by atoms with E-state index in [0.717, 1.165) is 5.92 Å². The molecule has 0 aromatic carbocycles. The zero-order valence-electron chi connectivity index (χ0n) is 9.47. The van der Waals surface area contributed by atoms with Gasteiger partial charge in [-0.05, 0) is 31.8 Å². The SMILES string of the molecule is CCCCCCCN1CCC(CBr)C1. The molecule has 0 aromatic heterocycles. The van der Waals surface area contributed by atoms with Crippen LogP contribution in [0.25, 0.3) is 0 Å². The Morgan fingerprint density at radius 1 is 1.21 bits per heavy atom. The van der Waals surface area contributed by atoms with Gasteiger partial charge in [0.1, 0.15) is 0 Å². The molecule has 1 heterocycles. The number of likely N-dealkylation sites (tertiary alicyclic amines) is 1. The Hall–Kier alpha value is 0.440. The average Bonchev–Trinajstić information content (AvgIpc) is 2.65. The summed E-state index contributed by atoms with van der Waals surface area (Å²) in [5.74, 6) is 0.922. The van der Waals surface area contributed by atoms with Gasteiger partial charge < -0.3 is 4.90 Å². The van der Waals surface area contributed by atoms with Crippen LogP contribution < -0.4 is 0 Å². The molecule has 0 aliphatic carbocycles. The predicted octanol–water partition coefficient (Wildman–Crippen LogP) is 3.67. The van der Waals surface area contributed by atoms with Crippen molar-refractivity contribution in [3.8, 4) is 0 Å². The van der Waals surface area contributed by atoms with E-state index in [4.69, 9.17) is 0 Å². The molecule has 0 N–H and O–H groups in total. The standard InChI is InChI=1S/C12H24BrN/c1-2-3-4-5-6-8-14-9-7-12(10-13)11-14/h12H,2-11H2,1H3. The molecule has 0 saturated carbocycles. The first kappa shape index (κ1) is 12.5. The highest BCUT2D eigenvalue weighted by molar-refractivity contribution is 9.09. The summed E-state index contributed by atoms with van der Waals surface area (Å²) in [6, 6.07) is 0. The maximum absolute atomic E-state index is 3.58. The Kier molecular flexibility index (Phi) is 6.88. The van der Waals surface area contributed by atoms with Crippen LogP contribution in [0.2, 0.25) is 0 Å². The number of hydrogen-bond donors (Lipinski definition) is 0. The van der Waals surface area contributed by atoms with Crippen molar-refractivity contribution in [2.45, 2.75) is 45.4 Å². The number of unbranched alkanes of at least 4 members (excludes halogenated alkanes) is 4. The normalized spacial score (nSPS) is 23.1. The first-order valence-electron chi connectivity index (χ1n) is 6.15. The van der Waals surface area contributed by atoms with Crippen molar-refractivity contribution in [3.63, 3.8) is 0 Å². The molecule has 1 aliphatic rings. The fourth-order valence-corrected chi connectivity index (χ4v) is 2.71. The lowest BCUT2D eigenvalue weighted by atomic mass is 10.1. The summed E-state index contributed by atoms with van der Waals surface area (Å²) in [4.78, 5) is 2.64. The van der Waals surface area contributed by atoms with Crippen molar-refractivity contribution in [2.75, 3.05) is 25.0 Å². The van der Waals surface area contributed by atoms with E-state index in [-0.39, 0.29) is 0 Å². The maximum Gasteiger partial charge on any atom is 0.00723 e. The molecule has 0 bridgehead atoms. The molecule has 84 valence electrons. The molecule has 0 aromatic rings. The molecular weight excluding hydrogens is 238 g/mol. The fourth-order valence-electron chi connectivity index (χ4n) is 2.18. The van der Waals surface area contributed by atoms with Gasteiger partial charge in [-0.15, -0.1) is 0 Å². The highest BCUT2D eigenvalue weighted by Crippen LogP contribution is 2.18. The van der Waals surface area contributed by atoms with Gasteiger partial charge in [0.05, 0.1) is 0 Å². The molecular formula is C12H24BrN. The van der Waals surface area contributed by atoms with Crippen molar-refractivity contribution in [1.29, 1.82) is 0 Å². The third-order valence-corrected chi connectivity index (χ3v) is 4.08. The Morgan fingerprint density at radius 3 is 2.64 bits per heavy atom. The minimum atomic E-state index is 0.922. The van der Waals surface area contributed by atoms with Crippen molar-refractivity contribution >= 4 is 15.9 Å². The highest BCUT2D eigenvalue weighted by atomic mass is 79.9. The Bertz CT molecular complexity index is 138. The molecule has 1 unspecified atom stereocenters. The van der Waals surface area contributed by atoms with E-state index in [2.05, 4.69) is 27.8 Å².